The first-order chi connectivity index (χ1) is 8.20. The second kappa shape index (κ2) is 5.34. The van der Waals surface area contributed by atoms with Gasteiger partial charge in [0.15, 0.2) is 0 Å². The summed E-state index contributed by atoms with van der Waals surface area (Å²) in [6.07, 6.45) is 7.41. The van der Waals surface area contributed by atoms with Gasteiger partial charge in [-0.15, -0.1) is 0 Å². The lowest BCUT2D eigenvalue weighted by atomic mass is 10.1. The van der Waals surface area contributed by atoms with E-state index in [-0.39, 0.29) is 0 Å². The Kier molecular flexibility index (Phi) is 3.82. The number of aromatic nitrogens is 2. The molecule has 4 nitrogen and oxygen atoms in total. The van der Waals surface area contributed by atoms with Crippen LogP contribution in [0.2, 0.25) is 0 Å². The summed E-state index contributed by atoms with van der Waals surface area (Å²) in [6.45, 7) is 3.18. The van der Waals surface area contributed by atoms with Gasteiger partial charge in [0.1, 0.15) is 5.82 Å². The molecule has 94 valence electrons. The molecule has 0 unspecified atom stereocenters. The minimum absolute atomic E-state index is 0.698. The van der Waals surface area contributed by atoms with Crippen molar-refractivity contribution in [2.75, 3.05) is 30.9 Å². The highest BCUT2D eigenvalue weighted by atomic mass is 15.2. The van der Waals surface area contributed by atoms with E-state index >= 15 is 0 Å². The second-order valence-electron chi connectivity index (χ2n) is 4.98. The molecule has 0 spiro atoms. The predicted octanol–water partition coefficient (Wildman–Crippen LogP) is 2.45. The quantitative estimate of drug-likeness (QED) is 0.869. The molecule has 1 saturated carbocycles. The Balaban J connectivity index is 2.08. The highest BCUT2D eigenvalue weighted by Crippen LogP contribution is 2.27. The van der Waals surface area contributed by atoms with Crippen molar-refractivity contribution >= 4 is 11.8 Å². The average molecular weight is 234 g/mol. The third-order valence-electron chi connectivity index (χ3n) is 3.54. The summed E-state index contributed by atoms with van der Waals surface area (Å²) in [5, 5.41) is 2.99. The first-order valence-electron chi connectivity index (χ1n) is 6.43. The van der Waals surface area contributed by atoms with Gasteiger partial charge in [-0.25, -0.2) is 4.98 Å². The van der Waals surface area contributed by atoms with E-state index in [4.69, 9.17) is 0 Å². The van der Waals surface area contributed by atoms with Crippen molar-refractivity contribution < 1.29 is 0 Å². The molecule has 1 heterocycles. The van der Waals surface area contributed by atoms with Gasteiger partial charge in [-0.1, -0.05) is 12.8 Å². The topological polar surface area (TPSA) is 41.1 Å². The SMILES string of the molecule is CNc1ncc(C)c(N(C)CC2CCCC2)n1. The highest BCUT2D eigenvalue weighted by Gasteiger charge is 2.18. The minimum Gasteiger partial charge on any atom is -0.359 e. The van der Waals surface area contributed by atoms with Crippen LogP contribution in [0.4, 0.5) is 11.8 Å². The van der Waals surface area contributed by atoms with Crippen molar-refractivity contribution in [2.24, 2.45) is 5.92 Å². The molecule has 1 aromatic rings. The number of rotatable bonds is 4. The van der Waals surface area contributed by atoms with E-state index in [1.807, 2.05) is 13.2 Å². The molecular formula is C13H22N4. The van der Waals surface area contributed by atoms with E-state index in [1.54, 1.807) is 0 Å². The van der Waals surface area contributed by atoms with Gasteiger partial charge in [0.05, 0.1) is 0 Å². The predicted molar refractivity (Wildman–Crippen MR) is 71.5 cm³/mol. The lowest BCUT2D eigenvalue weighted by Gasteiger charge is -2.23. The van der Waals surface area contributed by atoms with Crippen molar-refractivity contribution in [1.82, 2.24) is 9.97 Å². The molecule has 0 aliphatic heterocycles. The molecule has 1 aliphatic carbocycles. The van der Waals surface area contributed by atoms with E-state index in [0.29, 0.717) is 5.95 Å². The minimum atomic E-state index is 0.698. The van der Waals surface area contributed by atoms with Gasteiger partial charge in [-0.3, -0.25) is 0 Å². The van der Waals surface area contributed by atoms with Crippen molar-refractivity contribution in [2.45, 2.75) is 32.6 Å². The zero-order valence-corrected chi connectivity index (χ0v) is 11.0. The van der Waals surface area contributed by atoms with Crippen LogP contribution in [0.25, 0.3) is 0 Å². The molecule has 0 atom stereocenters. The molecule has 1 fully saturated rings. The number of nitrogens with zero attached hydrogens (tertiary/aromatic N) is 3. The number of aryl methyl sites for hydroxylation is 1. The zero-order valence-electron chi connectivity index (χ0n) is 11.0. The van der Waals surface area contributed by atoms with Crippen LogP contribution in [-0.2, 0) is 0 Å². The highest BCUT2D eigenvalue weighted by molar-refractivity contribution is 5.48. The van der Waals surface area contributed by atoms with Crippen LogP contribution < -0.4 is 10.2 Å². The molecule has 1 aliphatic rings. The number of hydrogen-bond acceptors (Lipinski definition) is 4. The molecule has 0 bridgehead atoms. The molecule has 2 rings (SSSR count). The summed E-state index contributed by atoms with van der Waals surface area (Å²) in [5.74, 6) is 2.59. The van der Waals surface area contributed by atoms with Crippen LogP contribution in [0.1, 0.15) is 31.2 Å². The van der Waals surface area contributed by atoms with Crippen LogP contribution in [0, 0.1) is 12.8 Å². The Hall–Kier alpha value is -1.32. The first kappa shape index (κ1) is 12.1. The zero-order chi connectivity index (χ0) is 12.3. The van der Waals surface area contributed by atoms with Gasteiger partial charge in [0, 0.05) is 32.4 Å². The fraction of sp³-hybridized carbons (Fsp3) is 0.692. The van der Waals surface area contributed by atoms with E-state index < -0.39 is 0 Å². The Morgan fingerprint density at radius 2 is 2.12 bits per heavy atom. The third-order valence-corrected chi connectivity index (χ3v) is 3.54. The molecule has 0 amide bonds. The number of anilines is 2. The van der Waals surface area contributed by atoms with Crippen molar-refractivity contribution in [3.8, 4) is 0 Å². The van der Waals surface area contributed by atoms with E-state index in [2.05, 4.69) is 34.2 Å². The van der Waals surface area contributed by atoms with Crippen LogP contribution in [-0.4, -0.2) is 30.6 Å². The van der Waals surface area contributed by atoms with Gasteiger partial charge in [-0.2, -0.15) is 4.98 Å². The molecule has 1 aromatic heterocycles. The summed E-state index contributed by atoms with van der Waals surface area (Å²) in [6, 6.07) is 0. The van der Waals surface area contributed by atoms with Crippen molar-refractivity contribution in [1.29, 1.82) is 0 Å². The van der Waals surface area contributed by atoms with E-state index in [1.165, 1.54) is 25.7 Å². The van der Waals surface area contributed by atoms with Gasteiger partial charge >= 0.3 is 0 Å². The van der Waals surface area contributed by atoms with Crippen molar-refractivity contribution in [3.63, 3.8) is 0 Å². The average Bonchev–Trinajstić information content (AvgIpc) is 2.82. The summed E-state index contributed by atoms with van der Waals surface area (Å²) >= 11 is 0. The van der Waals surface area contributed by atoms with Gasteiger partial charge < -0.3 is 10.2 Å². The molecule has 0 saturated heterocycles. The van der Waals surface area contributed by atoms with Crippen LogP contribution in [0.15, 0.2) is 6.20 Å². The molecule has 4 heteroatoms. The molecular weight excluding hydrogens is 212 g/mol. The smallest absolute Gasteiger partial charge is 0.224 e. The first-order valence-corrected chi connectivity index (χ1v) is 6.43. The van der Waals surface area contributed by atoms with E-state index in [9.17, 15) is 0 Å². The summed E-state index contributed by atoms with van der Waals surface area (Å²) in [5.41, 5.74) is 1.14. The Labute approximate surface area is 103 Å². The summed E-state index contributed by atoms with van der Waals surface area (Å²) < 4.78 is 0. The summed E-state index contributed by atoms with van der Waals surface area (Å²) in [7, 11) is 3.98. The lowest BCUT2D eigenvalue weighted by Crippen LogP contribution is -2.26. The monoisotopic (exact) mass is 234 g/mol. The fourth-order valence-corrected chi connectivity index (χ4v) is 2.61. The Morgan fingerprint density at radius 3 is 2.76 bits per heavy atom. The van der Waals surface area contributed by atoms with Crippen LogP contribution in [0.5, 0.6) is 0 Å². The Bertz CT molecular complexity index is 372. The van der Waals surface area contributed by atoms with Gasteiger partial charge in [0.2, 0.25) is 5.95 Å². The maximum atomic E-state index is 4.54. The van der Waals surface area contributed by atoms with Crippen LogP contribution in [0.3, 0.4) is 0 Å². The fourth-order valence-electron chi connectivity index (χ4n) is 2.61. The largest absolute Gasteiger partial charge is 0.359 e. The molecule has 0 radical (unpaired) electrons. The van der Waals surface area contributed by atoms with Crippen molar-refractivity contribution in [3.05, 3.63) is 11.8 Å². The van der Waals surface area contributed by atoms with Crippen LogP contribution >= 0.6 is 0 Å². The third kappa shape index (κ3) is 2.87. The number of nitrogens with one attached hydrogen (secondary N) is 1. The molecule has 1 N–H and O–H groups in total. The summed E-state index contributed by atoms with van der Waals surface area (Å²) in [4.78, 5) is 11.0. The second-order valence-corrected chi connectivity index (χ2v) is 4.98. The maximum absolute atomic E-state index is 4.54. The normalized spacial score (nSPS) is 16.2. The van der Waals surface area contributed by atoms with E-state index in [0.717, 1.165) is 23.8 Å². The maximum Gasteiger partial charge on any atom is 0.224 e. The van der Waals surface area contributed by atoms with Gasteiger partial charge in [-0.05, 0) is 25.7 Å². The lowest BCUT2D eigenvalue weighted by molar-refractivity contribution is 0.544. The molecule has 0 aromatic carbocycles. The standard InChI is InChI=1S/C13H22N4/c1-10-8-15-13(14-2)16-12(10)17(3)9-11-6-4-5-7-11/h8,11H,4-7,9H2,1-3H3,(H,14,15,16). The molecule has 17 heavy (non-hydrogen) atoms. The number of hydrogen-bond donors (Lipinski definition) is 1. The van der Waals surface area contributed by atoms with Gasteiger partial charge in [0.25, 0.3) is 0 Å². The Morgan fingerprint density at radius 1 is 1.41 bits per heavy atom.